The summed E-state index contributed by atoms with van der Waals surface area (Å²) >= 11 is 0. The van der Waals surface area contributed by atoms with E-state index in [1.54, 1.807) is 0 Å². The molecule has 0 radical (unpaired) electrons. The molecule has 0 fully saturated rings. The van der Waals surface area contributed by atoms with Gasteiger partial charge >= 0.3 is 0 Å². The minimum absolute atomic E-state index is 0.0750. The fraction of sp³-hybridized carbons (Fsp3) is 0.0698. The molecule has 210 valence electrons. The molecule has 0 unspecified atom stereocenters. The highest BCUT2D eigenvalue weighted by Gasteiger charge is 2.35. The smallest absolute Gasteiger partial charge is 0.0795 e. The van der Waals surface area contributed by atoms with Crippen molar-refractivity contribution in [3.05, 3.63) is 145 Å². The van der Waals surface area contributed by atoms with Crippen LogP contribution in [0, 0.1) is 0 Å². The molecule has 0 saturated heterocycles. The first-order chi connectivity index (χ1) is 22.1. The largest absolute Gasteiger partial charge is 0.307 e. The quantitative estimate of drug-likeness (QED) is 0.185. The normalized spacial score (nSPS) is 14.2. The average Bonchev–Trinajstić information content (AvgIpc) is 3.78. The Morgan fingerprint density at radius 1 is 0.422 bits per heavy atom. The third kappa shape index (κ3) is 2.70. The first kappa shape index (κ1) is 23.8. The standard InChI is InChI=1S/C43H28N2/c1-43(2)34-19-8-5-12-26(34)27-23-22-25(24-35(27)43)44-37-21-10-7-16-32(37)38-29-14-3-4-15-30(29)39-33-18-11-17-31-28-13-6-9-20-36(28)45(40(31)33)42(39)41(38)44/h3-24H,1-2H3. The molecule has 2 nitrogen and oxygen atoms in total. The van der Waals surface area contributed by atoms with Gasteiger partial charge < -0.3 is 8.97 Å². The lowest BCUT2D eigenvalue weighted by Crippen LogP contribution is -2.15. The summed E-state index contributed by atoms with van der Waals surface area (Å²) in [5, 5.41) is 10.5. The number of para-hydroxylation sites is 3. The van der Waals surface area contributed by atoms with Gasteiger partial charge in [0.2, 0.25) is 0 Å². The van der Waals surface area contributed by atoms with Gasteiger partial charge in [0, 0.05) is 43.4 Å². The van der Waals surface area contributed by atoms with Crippen LogP contribution in [0.3, 0.4) is 0 Å². The Balaban J connectivity index is 1.41. The summed E-state index contributed by atoms with van der Waals surface area (Å²) in [7, 11) is 0. The molecule has 0 saturated carbocycles. The zero-order chi connectivity index (χ0) is 29.6. The lowest BCUT2D eigenvalue weighted by Gasteiger charge is -2.22. The Hall–Kier alpha value is -5.60. The van der Waals surface area contributed by atoms with Crippen LogP contribution >= 0.6 is 0 Å². The summed E-state index contributed by atoms with van der Waals surface area (Å²) in [6.45, 7) is 4.75. The van der Waals surface area contributed by atoms with E-state index in [1.165, 1.54) is 98.6 Å². The topological polar surface area (TPSA) is 9.34 Å². The van der Waals surface area contributed by atoms with Gasteiger partial charge in [0.15, 0.2) is 0 Å². The monoisotopic (exact) mass is 572 g/mol. The van der Waals surface area contributed by atoms with Gasteiger partial charge in [-0.1, -0.05) is 123 Å². The highest BCUT2D eigenvalue weighted by molar-refractivity contribution is 6.38. The van der Waals surface area contributed by atoms with Gasteiger partial charge in [0.05, 0.1) is 27.6 Å². The number of nitrogens with zero attached hydrogens (tertiary/aromatic N) is 2. The summed E-state index contributed by atoms with van der Waals surface area (Å²) in [5.74, 6) is 0. The van der Waals surface area contributed by atoms with Gasteiger partial charge in [-0.25, -0.2) is 0 Å². The number of fused-ring (bicyclic) bond motifs is 16. The van der Waals surface area contributed by atoms with Gasteiger partial charge in [-0.3, -0.25) is 0 Å². The molecule has 0 N–H and O–H groups in total. The van der Waals surface area contributed by atoms with Crippen LogP contribution in [0.1, 0.15) is 25.0 Å². The summed E-state index contributed by atoms with van der Waals surface area (Å²) in [4.78, 5) is 0. The number of benzene rings is 7. The van der Waals surface area contributed by atoms with E-state index >= 15 is 0 Å². The predicted octanol–water partition coefficient (Wildman–Crippen LogP) is 11.4. The lowest BCUT2D eigenvalue weighted by atomic mass is 9.82. The van der Waals surface area contributed by atoms with Crippen molar-refractivity contribution in [3.8, 4) is 16.8 Å². The molecule has 0 amide bonds. The SMILES string of the molecule is CC1(C)c2ccccc2-c2ccc(-n3c4ccccc4c4c5ccccc5c5c6cccc7c8ccccc8n(c76)c5c43)cc21. The Morgan fingerprint density at radius 3 is 1.84 bits per heavy atom. The molecule has 0 bridgehead atoms. The molecule has 2 heteroatoms. The molecule has 7 aromatic carbocycles. The van der Waals surface area contributed by atoms with Gasteiger partial charge in [0.1, 0.15) is 0 Å². The number of rotatable bonds is 1. The van der Waals surface area contributed by atoms with E-state index in [0.717, 1.165) is 0 Å². The molecular formula is C43H28N2. The van der Waals surface area contributed by atoms with Crippen LogP contribution < -0.4 is 0 Å². The summed E-state index contributed by atoms with van der Waals surface area (Å²) in [6.07, 6.45) is 0. The van der Waals surface area contributed by atoms with E-state index in [4.69, 9.17) is 0 Å². The molecule has 0 aliphatic heterocycles. The predicted molar refractivity (Wildman–Crippen MR) is 191 cm³/mol. The third-order valence-corrected chi connectivity index (χ3v) is 10.8. The first-order valence-corrected chi connectivity index (χ1v) is 15.9. The second-order valence-corrected chi connectivity index (χ2v) is 13.3. The minimum atomic E-state index is -0.0750. The lowest BCUT2D eigenvalue weighted by molar-refractivity contribution is 0.660. The molecule has 3 aromatic heterocycles. The molecule has 1 aliphatic carbocycles. The fourth-order valence-corrected chi connectivity index (χ4v) is 8.94. The van der Waals surface area contributed by atoms with Gasteiger partial charge in [-0.05, 0) is 57.3 Å². The van der Waals surface area contributed by atoms with Crippen molar-refractivity contribution >= 4 is 70.7 Å². The van der Waals surface area contributed by atoms with Crippen molar-refractivity contribution in [2.75, 3.05) is 0 Å². The van der Waals surface area contributed by atoms with Crippen LogP contribution in [0.5, 0.6) is 0 Å². The second-order valence-electron chi connectivity index (χ2n) is 13.3. The molecule has 45 heavy (non-hydrogen) atoms. The maximum Gasteiger partial charge on any atom is 0.0795 e. The van der Waals surface area contributed by atoms with Crippen LogP contribution in [0.4, 0.5) is 0 Å². The fourth-order valence-electron chi connectivity index (χ4n) is 8.94. The Kier molecular flexibility index (Phi) is 4.19. The van der Waals surface area contributed by atoms with Crippen LogP contribution in [-0.4, -0.2) is 8.97 Å². The molecule has 10 aromatic rings. The van der Waals surface area contributed by atoms with Crippen molar-refractivity contribution in [1.82, 2.24) is 8.97 Å². The maximum absolute atomic E-state index is 2.56. The highest BCUT2D eigenvalue weighted by atomic mass is 15.0. The Labute approximate surface area is 259 Å². The molecular weight excluding hydrogens is 544 g/mol. The van der Waals surface area contributed by atoms with Crippen LogP contribution in [-0.2, 0) is 5.41 Å². The van der Waals surface area contributed by atoms with E-state index in [9.17, 15) is 0 Å². The van der Waals surface area contributed by atoms with Crippen LogP contribution in [0.2, 0.25) is 0 Å². The highest BCUT2D eigenvalue weighted by Crippen LogP contribution is 2.51. The molecule has 11 rings (SSSR count). The zero-order valence-corrected chi connectivity index (χ0v) is 25.1. The van der Waals surface area contributed by atoms with Gasteiger partial charge in [0.25, 0.3) is 0 Å². The van der Waals surface area contributed by atoms with E-state index < -0.39 is 0 Å². The summed E-state index contributed by atoms with van der Waals surface area (Å²) in [6, 6.07) is 49.9. The Bertz CT molecular complexity index is 2890. The number of hydrogen-bond donors (Lipinski definition) is 0. The maximum atomic E-state index is 2.56. The van der Waals surface area contributed by atoms with Crippen molar-refractivity contribution in [1.29, 1.82) is 0 Å². The molecule has 0 spiro atoms. The number of hydrogen-bond acceptors (Lipinski definition) is 0. The van der Waals surface area contributed by atoms with Gasteiger partial charge in [-0.15, -0.1) is 0 Å². The first-order valence-electron chi connectivity index (χ1n) is 15.9. The van der Waals surface area contributed by atoms with Crippen molar-refractivity contribution in [2.24, 2.45) is 0 Å². The van der Waals surface area contributed by atoms with E-state index in [2.05, 4.69) is 156 Å². The second kappa shape index (κ2) is 7.91. The molecule has 1 aliphatic rings. The van der Waals surface area contributed by atoms with Crippen molar-refractivity contribution in [3.63, 3.8) is 0 Å². The van der Waals surface area contributed by atoms with E-state index in [-0.39, 0.29) is 5.41 Å². The molecule has 3 heterocycles. The van der Waals surface area contributed by atoms with Crippen LogP contribution in [0.15, 0.2) is 133 Å². The zero-order valence-electron chi connectivity index (χ0n) is 25.1. The van der Waals surface area contributed by atoms with Crippen molar-refractivity contribution in [2.45, 2.75) is 19.3 Å². The van der Waals surface area contributed by atoms with E-state index in [0.29, 0.717) is 0 Å². The van der Waals surface area contributed by atoms with Gasteiger partial charge in [-0.2, -0.15) is 0 Å². The third-order valence-electron chi connectivity index (χ3n) is 10.8. The summed E-state index contributed by atoms with van der Waals surface area (Å²) < 4.78 is 5.12. The average molecular weight is 573 g/mol. The number of aromatic nitrogens is 2. The van der Waals surface area contributed by atoms with E-state index in [1.807, 2.05) is 0 Å². The summed E-state index contributed by atoms with van der Waals surface area (Å²) in [5.41, 5.74) is 13.0. The Morgan fingerprint density at radius 2 is 1.02 bits per heavy atom. The van der Waals surface area contributed by atoms with Crippen molar-refractivity contribution < 1.29 is 0 Å². The van der Waals surface area contributed by atoms with Crippen LogP contribution in [0.25, 0.3) is 87.5 Å². The minimum Gasteiger partial charge on any atom is -0.307 e. The molecule has 0 atom stereocenters.